The zero-order chi connectivity index (χ0) is 17.8. The normalized spacial score (nSPS) is 16.0. The molecule has 1 N–H and O–H groups in total. The van der Waals surface area contributed by atoms with Crippen molar-refractivity contribution in [3.05, 3.63) is 48.5 Å². The zero-order valence-electron chi connectivity index (χ0n) is 14.2. The van der Waals surface area contributed by atoms with Gasteiger partial charge in [0.15, 0.2) is 6.10 Å². The molecule has 0 spiro atoms. The van der Waals surface area contributed by atoms with Gasteiger partial charge in [-0.1, -0.05) is 18.2 Å². The summed E-state index contributed by atoms with van der Waals surface area (Å²) >= 11 is 0. The molecule has 6 nitrogen and oxygen atoms in total. The molecule has 1 aliphatic rings. The van der Waals surface area contributed by atoms with Crippen molar-refractivity contribution in [1.82, 2.24) is 0 Å². The first-order valence-electron chi connectivity index (χ1n) is 8.09. The molecule has 1 heterocycles. The van der Waals surface area contributed by atoms with E-state index in [9.17, 15) is 9.59 Å². The van der Waals surface area contributed by atoms with Crippen molar-refractivity contribution >= 4 is 23.2 Å². The van der Waals surface area contributed by atoms with Gasteiger partial charge in [-0.05, 0) is 31.2 Å². The summed E-state index contributed by atoms with van der Waals surface area (Å²) < 4.78 is 10.7. The predicted molar refractivity (Wildman–Crippen MR) is 95.1 cm³/mol. The van der Waals surface area contributed by atoms with E-state index in [-0.39, 0.29) is 18.2 Å². The molecule has 3 rings (SSSR count). The molecular weight excluding hydrogens is 320 g/mol. The molecule has 1 atom stereocenters. The van der Waals surface area contributed by atoms with Crippen LogP contribution in [0.5, 0.6) is 11.5 Å². The van der Waals surface area contributed by atoms with Gasteiger partial charge in [0.25, 0.3) is 5.91 Å². The lowest BCUT2D eigenvalue weighted by Crippen LogP contribution is -2.45. The van der Waals surface area contributed by atoms with E-state index in [2.05, 4.69) is 5.32 Å². The van der Waals surface area contributed by atoms with E-state index in [4.69, 9.17) is 9.47 Å². The predicted octanol–water partition coefficient (Wildman–Crippen LogP) is 2.84. The Morgan fingerprint density at radius 1 is 1.24 bits per heavy atom. The molecule has 2 aromatic carbocycles. The number of hydrogen-bond acceptors (Lipinski definition) is 4. The highest BCUT2D eigenvalue weighted by Gasteiger charge is 2.31. The Hall–Kier alpha value is -3.02. The number of amides is 2. The monoisotopic (exact) mass is 340 g/mol. The number of fused-ring (bicyclic) bond motifs is 1. The van der Waals surface area contributed by atoms with Crippen LogP contribution in [0.2, 0.25) is 0 Å². The van der Waals surface area contributed by atoms with Crippen molar-refractivity contribution < 1.29 is 19.1 Å². The number of anilines is 2. The van der Waals surface area contributed by atoms with Gasteiger partial charge >= 0.3 is 0 Å². The second-order valence-corrected chi connectivity index (χ2v) is 5.75. The maximum absolute atomic E-state index is 12.4. The molecule has 0 fully saturated rings. The van der Waals surface area contributed by atoms with Gasteiger partial charge < -0.3 is 19.7 Å². The summed E-state index contributed by atoms with van der Waals surface area (Å²) in [5.74, 6) is 1.01. The van der Waals surface area contributed by atoms with Crippen LogP contribution in [0.4, 0.5) is 11.4 Å². The van der Waals surface area contributed by atoms with Crippen molar-refractivity contribution in [2.75, 3.05) is 23.9 Å². The van der Waals surface area contributed by atoms with Gasteiger partial charge in [-0.15, -0.1) is 0 Å². The van der Waals surface area contributed by atoms with Crippen LogP contribution in [-0.4, -0.2) is 31.6 Å². The Labute approximate surface area is 146 Å². The van der Waals surface area contributed by atoms with Gasteiger partial charge in [0.1, 0.15) is 11.5 Å². The van der Waals surface area contributed by atoms with Gasteiger partial charge in [-0.2, -0.15) is 0 Å². The number of nitrogens with one attached hydrogen (secondary N) is 1. The molecule has 2 amide bonds. The number of carbonyl (C=O) groups excluding carboxylic acids is 2. The minimum Gasteiger partial charge on any atom is -0.497 e. The number of rotatable bonds is 5. The van der Waals surface area contributed by atoms with Crippen LogP contribution >= 0.6 is 0 Å². The summed E-state index contributed by atoms with van der Waals surface area (Å²) in [6.07, 6.45) is -0.374. The van der Waals surface area contributed by atoms with E-state index >= 15 is 0 Å². The van der Waals surface area contributed by atoms with Crippen molar-refractivity contribution in [1.29, 1.82) is 0 Å². The average molecular weight is 340 g/mol. The lowest BCUT2D eigenvalue weighted by molar-refractivity contribution is -0.125. The molecular formula is C19H20N2O4. The summed E-state index contributed by atoms with van der Waals surface area (Å²) in [5.41, 5.74) is 1.35. The van der Waals surface area contributed by atoms with Crippen LogP contribution in [0.3, 0.4) is 0 Å². The quantitative estimate of drug-likeness (QED) is 0.909. The largest absolute Gasteiger partial charge is 0.497 e. The molecule has 1 unspecified atom stereocenters. The van der Waals surface area contributed by atoms with Gasteiger partial charge in [0.2, 0.25) is 5.91 Å². The second kappa shape index (κ2) is 7.25. The zero-order valence-corrected chi connectivity index (χ0v) is 14.2. The minimum absolute atomic E-state index is 0.145. The number of para-hydroxylation sites is 2. The molecule has 1 aliphatic heterocycles. The first-order valence-corrected chi connectivity index (χ1v) is 8.09. The van der Waals surface area contributed by atoms with Gasteiger partial charge in [0.05, 0.1) is 12.8 Å². The highest BCUT2D eigenvalue weighted by molar-refractivity contribution is 6.00. The number of hydrogen-bond donors (Lipinski definition) is 1. The molecule has 2 aromatic rings. The molecule has 0 radical (unpaired) electrons. The lowest BCUT2D eigenvalue weighted by atomic mass is 10.1. The number of carbonyl (C=O) groups is 2. The first-order chi connectivity index (χ1) is 12.1. The SMILES string of the molecule is COc1cccc(NC(=O)CCN2C(=O)C(C)Oc3ccccc32)c1. The third kappa shape index (κ3) is 3.74. The maximum Gasteiger partial charge on any atom is 0.267 e. The Kier molecular flexibility index (Phi) is 4.88. The Morgan fingerprint density at radius 3 is 2.84 bits per heavy atom. The maximum atomic E-state index is 12.4. The van der Waals surface area contributed by atoms with Crippen LogP contribution in [-0.2, 0) is 9.59 Å². The number of benzene rings is 2. The summed E-state index contributed by atoms with van der Waals surface area (Å²) in [6, 6.07) is 14.5. The molecule has 25 heavy (non-hydrogen) atoms. The van der Waals surface area contributed by atoms with Crippen molar-refractivity contribution in [3.63, 3.8) is 0 Å². The number of methoxy groups -OCH3 is 1. The molecule has 130 valence electrons. The third-order valence-corrected chi connectivity index (χ3v) is 3.99. The lowest BCUT2D eigenvalue weighted by Gasteiger charge is -2.32. The van der Waals surface area contributed by atoms with Gasteiger partial charge in [0, 0.05) is 24.7 Å². The summed E-state index contributed by atoms with van der Waals surface area (Å²) in [6.45, 7) is 2.00. The summed E-state index contributed by atoms with van der Waals surface area (Å²) in [5, 5.41) is 2.82. The smallest absolute Gasteiger partial charge is 0.267 e. The highest BCUT2D eigenvalue weighted by Crippen LogP contribution is 2.33. The summed E-state index contributed by atoms with van der Waals surface area (Å²) in [4.78, 5) is 26.2. The molecule has 0 aliphatic carbocycles. The van der Waals surface area contributed by atoms with Crippen LogP contribution in [0.25, 0.3) is 0 Å². The van der Waals surface area contributed by atoms with Crippen LogP contribution in [0, 0.1) is 0 Å². The molecule has 6 heteroatoms. The molecule has 0 saturated carbocycles. The highest BCUT2D eigenvalue weighted by atomic mass is 16.5. The van der Waals surface area contributed by atoms with Crippen molar-refractivity contribution in [3.8, 4) is 11.5 Å². The van der Waals surface area contributed by atoms with E-state index in [0.717, 1.165) is 0 Å². The van der Waals surface area contributed by atoms with E-state index in [1.54, 1.807) is 43.2 Å². The standard InChI is InChI=1S/C19H20N2O4/c1-13-19(23)21(16-8-3-4-9-17(16)25-13)11-10-18(22)20-14-6-5-7-15(12-14)24-2/h3-9,12-13H,10-11H2,1-2H3,(H,20,22). The first kappa shape index (κ1) is 16.8. The van der Waals surface area contributed by atoms with E-state index in [0.29, 0.717) is 29.4 Å². The Balaban J connectivity index is 1.66. The average Bonchev–Trinajstić information content (AvgIpc) is 2.62. The van der Waals surface area contributed by atoms with Crippen LogP contribution in [0.1, 0.15) is 13.3 Å². The van der Waals surface area contributed by atoms with Gasteiger partial charge in [-0.25, -0.2) is 0 Å². The van der Waals surface area contributed by atoms with Crippen LogP contribution < -0.4 is 19.7 Å². The van der Waals surface area contributed by atoms with Gasteiger partial charge in [-0.3, -0.25) is 9.59 Å². The van der Waals surface area contributed by atoms with Crippen molar-refractivity contribution in [2.45, 2.75) is 19.4 Å². The number of ether oxygens (including phenoxy) is 2. The van der Waals surface area contributed by atoms with E-state index < -0.39 is 6.10 Å². The Morgan fingerprint density at radius 2 is 2.04 bits per heavy atom. The number of nitrogens with zero attached hydrogens (tertiary/aromatic N) is 1. The third-order valence-electron chi connectivity index (χ3n) is 3.99. The molecule has 0 saturated heterocycles. The minimum atomic E-state index is -0.559. The topological polar surface area (TPSA) is 67.9 Å². The Bertz CT molecular complexity index is 790. The molecule has 0 bridgehead atoms. The summed E-state index contributed by atoms with van der Waals surface area (Å²) in [7, 11) is 1.57. The molecule has 0 aromatic heterocycles. The fraction of sp³-hybridized carbons (Fsp3) is 0.263. The van der Waals surface area contributed by atoms with E-state index in [1.807, 2.05) is 24.3 Å². The fourth-order valence-electron chi connectivity index (χ4n) is 2.73. The van der Waals surface area contributed by atoms with Crippen LogP contribution in [0.15, 0.2) is 48.5 Å². The van der Waals surface area contributed by atoms with E-state index in [1.165, 1.54) is 0 Å². The van der Waals surface area contributed by atoms with Crippen molar-refractivity contribution in [2.24, 2.45) is 0 Å². The second-order valence-electron chi connectivity index (χ2n) is 5.75. The fourth-order valence-corrected chi connectivity index (χ4v) is 2.73.